The molecule has 4 rings (SSSR count). The monoisotopic (exact) mass is 501 g/mol. The van der Waals surface area contributed by atoms with Crippen LogP contribution in [0.1, 0.15) is 44.2 Å². The van der Waals surface area contributed by atoms with E-state index in [-0.39, 0.29) is 18.4 Å². The van der Waals surface area contributed by atoms with Crippen molar-refractivity contribution in [2.75, 3.05) is 34.5 Å². The van der Waals surface area contributed by atoms with Crippen molar-refractivity contribution in [3.8, 4) is 11.5 Å². The van der Waals surface area contributed by atoms with E-state index < -0.39 is 12.0 Å². The van der Waals surface area contributed by atoms with Crippen molar-refractivity contribution >= 4 is 28.8 Å². The van der Waals surface area contributed by atoms with Crippen molar-refractivity contribution in [1.29, 1.82) is 0 Å². The van der Waals surface area contributed by atoms with Crippen LogP contribution in [-0.2, 0) is 19.1 Å². The number of carbonyl (C=O) groups excluding carboxylic acids is 2. The molecule has 0 saturated carbocycles. The quantitative estimate of drug-likeness (QED) is 0.513. The van der Waals surface area contributed by atoms with Gasteiger partial charge in [0.15, 0.2) is 5.17 Å². The number of amidine groups is 1. The molecule has 3 aliphatic rings. The fourth-order valence-electron chi connectivity index (χ4n) is 4.52. The molecule has 1 aromatic rings. The molecule has 3 heterocycles. The van der Waals surface area contributed by atoms with E-state index in [9.17, 15) is 9.59 Å². The zero-order valence-electron chi connectivity index (χ0n) is 20.5. The Morgan fingerprint density at radius 1 is 1.26 bits per heavy atom. The highest BCUT2D eigenvalue weighted by Gasteiger charge is 2.42. The lowest BCUT2D eigenvalue weighted by molar-refractivity contribution is -0.136. The van der Waals surface area contributed by atoms with E-state index in [1.54, 1.807) is 26.4 Å². The number of carbonyl (C=O) groups is 2. The highest BCUT2D eigenvalue weighted by molar-refractivity contribution is 8.16. The molecular weight excluding hydrogens is 470 g/mol. The van der Waals surface area contributed by atoms with Gasteiger partial charge in [0.1, 0.15) is 11.5 Å². The number of hydrogen-bond acceptors (Lipinski definition) is 9. The minimum Gasteiger partial charge on any atom is -0.497 e. The van der Waals surface area contributed by atoms with Gasteiger partial charge in [-0.25, -0.2) is 9.79 Å². The highest BCUT2D eigenvalue weighted by Crippen LogP contribution is 2.48. The zero-order chi connectivity index (χ0) is 24.9. The molecule has 0 aliphatic carbocycles. The van der Waals surface area contributed by atoms with Crippen molar-refractivity contribution in [3.05, 3.63) is 46.1 Å². The molecule has 0 radical (unpaired) electrons. The maximum atomic E-state index is 13.1. The zero-order valence-corrected chi connectivity index (χ0v) is 21.3. The molecular formula is C25H31N3O6S. The number of amides is 1. The van der Waals surface area contributed by atoms with Gasteiger partial charge in [0.2, 0.25) is 5.91 Å². The van der Waals surface area contributed by atoms with Crippen LogP contribution in [0.2, 0.25) is 0 Å². The first kappa shape index (κ1) is 25.1. The van der Waals surface area contributed by atoms with E-state index in [1.165, 1.54) is 18.9 Å². The van der Waals surface area contributed by atoms with Crippen molar-refractivity contribution in [3.63, 3.8) is 0 Å². The van der Waals surface area contributed by atoms with Crippen molar-refractivity contribution in [1.82, 2.24) is 10.2 Å². The van der Waals surface area contributed by atoms with Crippen LogP contribution in [0.5, 0.6) is 11.5 Å². The summed E-state index contributed by atoms with van der Waals surface area (Å²) in [6, 6.07) is 4.86. The molecule has 3 aliphatic heterocycles. The Balaban J connectivity index is 1.70. The lowest BCUT2D eigenvalue weighted by Crippen LogP contribution is -2.39. The predicted molar refractivity (Wildman–Crippen MR) is 133 cm³/mol. The van der Waals surface area contributed by atoms with E-state index in [4.69, 9.17) is 23.9 Å². The van der Waals surface area contributed by atoms with Gasteiger partial charge in [0.05, 0.1) is 51.2 Å². The predicted octanol–water partition coefficient (Wildman–Crippen LogP) is 3.53. The molecule has 188 valence electrons. The normalized spacial score (nSPS) is 21.3. The van der Waals surface area contributed by atoms with Crippen molar-refractivity contribution < 1.29 is 28.5 Å². The molecule has 0 aromatic heterocycles. The summed E-state index contributed by atoms with van der Waals surface area (Å²) in [6.07, 6.45) is 2.71. The maximum Gasteiger partial charge on any atom is 0.338 e. The lowest BCUT2D eigenvalue weighted by atomic mass is 9.92. The van der Waals surface area contributed by atoms with Gasteiger partial charge in [-0.1, -0.05) is 18.7 Å². The van der Waals surface area contributed by atoms with Crippen LogP contribution in [0.3, 0.4) is 0 Å². The van der Waals surface area contributed by atoms with E-state index in [2.05, 4.69) is 5.32 Å². The van der Waals surface area contributed by atoms with E-state index >= 15 is 0 Å². The molecule has 0 unspecified atom stereocenters. The largest absolute Gasteiger partial charge is 0.497 e. The lowest BCUT2D eigenvalue weighted by Gasteiger charge is -2.37. The fraction of sp³-hybridized carbons (Fsp3) is 0.480. The maximum absolute atomic E-state index is 13.1. The molecule has 1 N–H and O–H groups in total. The topological polar surface area (TPSA) is 98.7 Å². The van der Waals surface area contributed by atoms with E-state index in [0.717, 1.165) is 30.7 Å². The first-order valence-electron chi connectivity index (χ1n) is 11.7. The summed E-state index contributed by atoms with van der Waals surface area (Å²) in [5, 5.41) is 5.59. The van der Waals surface area contributed by atoms with Gasteiger partial charge in [-0.3, -0.25) is 4.79 Å². The Kier molecular flexibility index (Phi) is 8.02. The number of rotatable bonds is 9. The highest BCUT2D eigenvalue weighted by atomic mass is 32.2. The summed E-state index contributed by atoms with van der Waals surface area (Å²) in [4.78, 5) is 32.6. The molecule has 10 heteroatoms. The Morgan fingerprint density at radius 3 is 2.74 bits per heavy atom. The standard InChI is InChI=1S/C25H31N3O6S/c1-5-19-22(24(30)33-4)23(18-12-16(31-2)8-9-20(18)32-3)28-15(14-35-25(28)27-19)11-21(29)26-13-17-7-6-10-34-17/h8-9,12,14,17,23H,5-7,10-11,13H2,1-4H3,(H,26,29)/t17-,23-/m1/s1. The number of esters is 1. The van der Waals surface area contributed by atoms with Crippen LogP contribution in [0.15, 0.2) is 45.6 Å². The number of hydrogen-bond donors (Lipinski definition) is 1. The van der Waals surface area contributed by atoms with Gasteiger partial charge >= 0.3 is 5.97 Å². The fourth-order valence-corrected chi connectivity index (χ4v) is 5.46. The van der Waals surface area contributed by atoms with Crippen LogP contribution in [-0.4, -0.2) is 62.5 Å². The molecule has 35 heavy (non-hydrogen) atoms. The average molecular weight is 502 g/mol. The Labute approximate surface area is 209 Å². The summed E-state index contributed by atoms with van der Waals surface area (Å²) in [5.74, 6) is 0.625. The third kappa shape index (κ3) is 5.18. The second-order valence-corrected chi connectivity index (χ2v) is 9.16. The summed E-state index contributed by atoms with van der Waals surface area (Å²) >= 11 is 1.43. The van der Waals surface area contributed by atoms with Gasteiger partial charge in [-0.2, -0.15) is 0 Å². The SMILES string of the molecule is CCC1=C(C(=O)OC)[C@@H](c2cc(OC)ccc2OC)N2C(CC(=O)NC[C@H]3CCCO3)=CSC2=N1. The van der Waals surface area contributed by atoms with Crippen LogP contribution < -0.4 is 14.8 Å². The van der Waals surface area contributed by atoms with Gasteiger partial charge in [0.25, 0.3) is 0 Å². The number of thioether (sulfide) groups is 1. The Morgan fingerprint density at radius 2 is 2.09 bits per heavy atom. The van der Waals surface area contributed by atoms with Crippen LogP contribution in [0.4, 0.5) is 0 Å². The van der Waals surface area contributed by atoms with E-state index in [1.807, 2.05) is 23.3 Å². The second-order valence-electron chi connectivity index (χ2n) is 8.32. The Hall–Kier alpha value is -2.98. The van der Waals surface area contributed by atoms with E-state index in [0.29, 0.717) is 40.9 Å². The molecule has 1 amide bonds. The first-order valence-corrected chi connectivity index (χ1v) is 12.5. The molecule has 0 bridgehead atoms. The summed E-state index contributed by atoms with van der Waals surface area (Å²) < 4.78 is 21.9. The van der Waals surface area contributed by atoms with Crippen molar-refractivity contribution in [2.24, 2.45) is 4.99 Å². The number of allylic oxidation sites excluding steroid dienone is 1. The van der Waals surface area contributed by atoms with Crippen molar-refractivity contribution in [2.45, 2.75) is 44.8 Å². The summed E-state index contributed by atoms with van der Waals surface area (Å²) in [7, 11) is 4.53. The average Bonchev–Trinajstić information content (AvgIpc) is 3.55. The first-order chi connectivity index (χ1) is 17.0. The Bertz CT molecular complexity index is 1080. The summed E-state index contributed by atoms with van der Waals surface area (Å²) in [5.41, 5.74) is 2.52. The molecule has 1 saturated heterocycles. The number of fused-ring (bicyclic) bond motifs is 1. The minimum atomic E-state index is -0.595. The van der Waals surface area contributed by atoms with Gasteiger partial charge in [-0.15, -0.1) is 0 Å². The number of benzene rings is 1. The summed E-state index contributed by atoms with van der Waals surface area (Å²) in [6.45, 7) is 3.17. The number of aliphatic imine (C=N–C) groups is 1. The molecule has 1 fully saturated rings. The number of ether oxygens (including phenoxy) is 4. The molecule has 1 aromatic carbocycles. The number of nitrogens with zero attached hydrogens (tertiary/aromatic N) is 2. The molecule has 9 nitrogen and oxygen atoms in total. The third-order valence-electron chi connectivity index (χ3n) is 6.25. The van der Waals surface area contributed by atoms with Gasteiger partial charge in [0, 0.05) is 24.4 Å². The van der Waals surface area contributed by atoms with Gasteiger partial charge < -0.3 is 29.2 Å². The number of methoxy groups -OCH3 is 3. The molecule has 2 atom stereocenters. The number of nitrogens with one attached hydrogen (secondary N) is 1. The molecule has 0 spiro atoms. The van der Waals surface area contributed by atoms with Crippen LogP contribution >= 0.6 is 11.8 Å². The van der Waals surface area contributed by atoms with Crippen LogP contribution in [0, 0.1) is 0 Å². The third-order valence-corrected chi connectivity index (χ3v) is 7.14. The second kappa shape index (κ2) is 11.2. The minimum absolute atomic E-state index is 0.0627. The van der Waals surface area contributed by atoms with Gasteiger partial charge in [-0.05, 0) is 42.9 Å². The smallest absolute Gasteiger partial charge is 0.338 e. The van der Waals surface area contributed by atoms with Crippen LogP contribution in [0.25, 0.3) is 0 Å².